The van der Waals surface area contributed by atoms with Gasteiger partial charge in [-0.3, -0.25) is 0 Å². The molecule has 2 rings (SSSR count). The van der Waals surface area contributed by atoms with Crippen molar-refractivity contribution in [1.82, 2.24) is 0 Å². The van der Waals surface area contributed by atoms with Crippen molar-refractivity contribution < 1.29 is 0 Å². The molecule has 0 amide bonds. The van der Waals surface area contributed by atoms with Crippen LogP contribution in [0.3, 0.4) is 0 Å². The normalized spacial score (nSPS) is 42.4. The molecule has 0 aromatic rings. The van der Waals surface area contributed by atoms with E-state index in [0.29, 0.717) is 16.7 Å². The van der Waals surface area contributed by atoms with Gasteiger partial charge in [0.15, 0.2) is 0 Å². The number of rotatable bonds is 2. The van der Waals surface area contributed by atoms with Gasteiger partial charge in [0.05, 0.1) is 0 Å². The maximum atomic E-state index is 6.33. The molecule has 4 atom stereocenters. The highest BCUT2D eigenvalue weighted by Gasteiger charge is 2.35. The van der Waals surface area contributed by atoms with Crippen LogP contribution in [0.25, 0.3) is 0 Å². The Balaban J connectivity index is 1.88. The predicted molar refractivity (Wildman–Crippen MR) is 78.4 cm³/mol. The monoisotopic (exact) mass is 255 g/mol. The first-order chi connectivity index (χ1) is 7.96. The van der Waals surface area contributed by atoms with Gasteiger partial charge in [0.2, 0.25) is 0 Å². The molecule has 2 N–H and O–H groups in total. The van der Waals surface area contributed by atoms with E-state index in [-0.39, 0.29) is 0 Å². The predicted octanol–water partition coefficient (Wildman–Crippen LogP) is 4.20. The summed E-state index contributed by atoms with van der Waals surface area (Å²) < 4.78 is 0. The highest BCUT2D eigenvalue weighted by Crippen LogP contribution is 2.43. The first-order valence-corrected chi connectivity index (χ1v) is 8.31. The van der Waals surface area contributed by atoms with E-state index in [1.54, 1.807) is 0 Å². The van der Waals surface area contributed by atoms with Gasteiger partial charge in [0, 0.05) is 16.5 Å². The lowest BCUT2D eigenvalue weighted by Crippen LogP contribution is -2.42. The van der Waals surface area contributed by atoms with Crippen LogP contribution in [-0.2, 0) is 0 Å². The minimum absolute atomic E-state index is 0.449. The summed E-state index contributed by atoms with van der Waals surface area (Å²) in [7, 11) is 0. The second kappa shape index (κ2) is 5.52. The smallest absolute Gasteiger partial charge is 0.0206 e. The van der Waals surface area contributed by atoms with Crippen molar-refractivity contribution in [1.29, 1.82) is 0 Å². The van der Waals surface area contributed by atoms with Gasteiger partial charge in [-0.2, -0.15) is 11.8 Å². The van der Waals surface area contributed by atoms with Crippen LogP contribution >= 0.6 is 11.8 Å². The van der Waals surface area contributed by atoms with E-state index in [1.165, 1.54) is 44.9 Å². The Morgan fingerprint density at radius 2 is 1.94 bits per heavy atom. The van der Waals surface area contributed by atoms with Crippen molar-refractivity contribution in [2.24, 2.45) is 17.1 Å². The summed E-state index contributed by atoms with van der Waals surface area (Å²) in [5.74, 6) is 0.939. The van der Waals surface area contributed by atoms with Gasteiger partial charge in [0.1, 0.15) is 0 Å². The van der Waals surface area contributed by atoms with Crippen LogP contribution in [0, 0.1) is 11.3 Å². The second-order valence-electron chi connectivity index (χ2n) is 7.14. The summed E-state index contributed by atoms with van der Waals surface area (Å²) in [4.78, 5) is 0. The molecule has 0 radical (unpaired) electrons. The van der Waals surface area contributed by atoms with Crippen molar-refractivity contribution in [2.75, 3.05) is 0 Å². The zero-order chi connectivity index (χ0) is 12.5. The molecule has 2 heteroatoms. The lowest BCUT2D eigenvalue weighted by atomic mass is 9.75. The van der Waals surface area contributed by atoms with E-state index in [9.17, 15) is 0 Å². The summed E-state index contributed by atoms with van der Waals surface area (Å²) >= 11 is 2.23. The standard InChI is InChI=1S/C15H29NS/c1-11-5-4-6-12(9-11)17-14-10-15(2,3)8-7-13(14)16/h11-14H,4-10,16H2,1-3H3. The summed E-state index contributed by atoms with van der Waals surface area (Å²) in [5, 5.41) is 1.61. The molecule has 100 valence electrons. The van der Waals surface area contributed by atoms with E-state index < -0.39 is 0 Å². The third-order valence-electron chi connectivity index (χ3n) is 4.64. The molecule has 0 heterocycles. The molecule has 0 aromatic carbocycles. The maximum Gasteiger partial charge on any atom is 0.0206 e. The van der Waals surface area contributed by atoms with Crippen LogP contribution in [0.4, 0.5) is 0 Å². The molecule has 2 fully saturated rings. The van der Waals surface area contributed by atoms with Gasteiger partial charge >= 0.3 is 0 Å². The fourth-order valence-corrected chi connectivity index (χ4v) is 5.56. The van der Waals surface area contributed by atoms with E-state index in [2.05, 4.69) is 32.5 Å². The van der Waals surface area contributed by atoms with E-state index in [0.717, 1.165) is 11.2 Å². The Hall–Kier alpha value is 0.310. The largest absolute Gasteiger partial charge is 0.327 e. The van der Waals surface area contributed by atoms with Crippen molar-refractivity contribution in [3.8, 4) is 0 Å². The van der Waals surface area contributed by atoms with Crippen LogP contribution in [0.1, 0.15) is 65.7 Å². The Labute approximate surface area is 111 Å². The first-order valence-electron chi connectivity index (χ1n) is 7.37. The SMILES string of the molecule is CC1CCCC(SC2CC(C)(C)CCC2N)C1. The molecular weight excluding hydrogens is 226 g/mol. The quantitative estimate of drug-likeness (QED) is 0.800. The van der Waals surface area contributed by atoms with Crippen LogP contribution < -0.4 is 5.73 Å². The second-order valence-corrected chi connectivity index (χ2v) is 8.68. The van der Waals surface area contributed by atoms with E-state index in [4.69, 9.17) is 5.73 Å². The molecule has 0 aliphatic heterocycles. The van der Waals surface area contributed by atoms with Gasteiger partial charge in [0.25, 0.3) is 0 Å². The third kappa shape index (κ3) is 3.89. The summed E-state index contributed by atoms with van der Waals surface area (Å²) in [6.45, 7) is 7.24. The minimum Gasteiger partial charge on any atom is -0.327 e. The average molecular weight is 255 g/mol. The number of hydrogen-bond donors (Lipinski definition) is 1. The third-order valence-corrected chi connectivity index (χ3v) is 6.32. The van der Waals surface area contributed by atoms with Gasteiger partial charge in [-0.15, -0.1) is 0 Å². The number of nitrogens with two attached hydrogens (primary N) is 1. The van der Waals surface area contributed by atoms with Crippen molar-refractivity contribution in [3.63, 3.8) is 0 Å². The molecule has 17 heavy (non-hydrogen) atoms. The minimum atomic E-state index is 0.449. The Bertz CT molecular complexity index is 251. The lowest BCUT2D eigenvalue weighted by Gasteiger charge is -2.41. The lowest BCUT2D eigenvalue weighted by molar-refractivity contribution is 0.231. The maximum absolute atomic E-state index is 6.33. The van der Waals surface area contributed by atoms with Gasteiger partial charge < -0.3 is 5.73 Å². The van der Waals surface area contributed by atoms with Crippen LogP contribution in [0.15, 0.2) is 0 Å². The highest BCUT2D eigenvalue weighted by molar-refractivity contribution is 8.00. The van der Waals surface area contributed by atoms with Gasteiger partial charge in [-0.1, -0.05) is 33.6 Å². The highest BCUT2D eigenvalue weighted by atomic mass is 32.2. The van der Waals surface area contributed by atoms with Crippen molar-refractivity contribution in [3.05, 3.63) is 0 Å². The number of thioether (sulfide) groups is 1. The Kier molecular flexibility index (Phi) is 4.46. The van der Waals surface area contributed by atoms with Crippen molar-refractivity contribution in [2.45, 2.75) is 82.3 Å². The molecule has 4 unspecified atom stereocenters. The zero-order valence-corrected chi connectivity index (χ0v) is 12.6. The molecule has 1 nitrogen and oxygen atoms in total. The molecule has 0 bridgehead atoms. The Morgan fingerprint density at radius 3 is 2.65 bits per heavy atom. The molecule has 0 saturated heterocycles. The topological polar surface area (TPSA) is 26.0 Å². The summed E-state index contributed by atoms with van der Waals surface area (Å²) in [5.41, 5.74) is 6.85. The van der Waals surface area contributed by atoms with E-state index >= 15 is 0 Å². The van der Waals surface area contributed by atoms with Crippen molar-refractivity contribution >= 4 is 11.8 Å². The van der Waals surface area contributed by atoms with Crippen LogP contribution in [0.2, 0.25) is 0 Å². The molecule has 2 saturated carbocycles. The summed E-state index contributed by atoms with van der Waals surface area (Å²) in [6, 6.07) is 0.449. The number of hydrogen-bond acceptors (Lipinski definition) is 2. The zero-order valence-electron chi connectivity index (χ0n) is 11.7. The first kappa shape index (κ1) is 13.7. The van der Waals surface area contributed by atoms with Gasteiger partial charge in [-0.05, 0) is 43.4 Å². The molecular formula is C15H29NS. The molecule has 0 spiro atoms. The fourth-order valence-electron chi connectivity index (χ4n) is 3.44. The average Bonchev–Trinajstić information content (AvgIpc) is 2.23. The van der Waals surface area contributed by atoms with Crippen LogP contribution in [0.5, 0.6) is 0 Å². The van der Waals surface area contributed by atoms with Crippen LogP contribution in [-0.4, -0.2) is 16.5 Å². The molecule has 2 aliphatic rings. The Morgan fingerprint density at radius 1 is 1.18 bits per heavy atom. The van der Waals surface area contributed by atoms with E-state index in [1.807, 2.05) is 0 Å². The molecule has 2 aliphatic carbocycles. The summed E-state index contributed by atoms with van der Waals surface area (Å²) in [6.07, 6.45) is 9.60. The van der Waals surface area contributed by atoms with Gasteiger partial charge in [-0.25, -0.2) is 0 Å². The fraction of sp³-hybridized carbons (Fsp3) is 1.00. The molecule has 0 aromatic heterocycles.